The number of benzene rings is 3. The molecule has 1 atom stereocenters. The molecule has 5 nitrogen and oxygen atoms in total. The van der Waals surface area contributed by atoms with Crippen LogP contribution in [0.1, 0.15) is 11.6 Å². The van der Waals surface area contributed by atoms with Crippen molar-refractivity contribution in [2.75, 3.05) is 24.4 Å². The highest BCUT2D eigenvalue weighted by molar-refractivity contribution is 6.11. The summed E-state index contributed by atoms with van der Waals surface area (Å²) in [6.45, 7) is 0. The third kappa shape index (κ3) is 3.67. The molecule has 146 valence electrons. The highest BCUT2D eigenvalue weighted by Crippen LogP contribution is 2.40. The standard InChI is InChI=1S/C24H22N2O3/c1-28-19-13-14-23(29-2)20(15-19)22-16-21(25-17-9-5-3-6-10-17)24(27)26(22)18-11-7-4-8-12-18/h3-16,22,25H,1-2H3/t22-/m1/s1. The van der Waals surface area contributed by atoms with E-state index in [1.807, 2.05) is 84.9 Å². The lowest BCUT2D eigenvalue weighted by Gasteiger charge is -2.26. The van der Waals surface area contributed by atoms with E-state index in [1.165, 1.54) is 0 Å². The van der Waals surface area contributed by atoms with Crippen LogP contribution in [0.2, 0.25) is 0 Å². The van der Waals surface area contributed by atoms with Gasteiger partial charge in [0.2, 0.25) is 0 Å². The third-order valence-electron chi connectivity index (χ3n) is 4.89. The van der Waals surface area contributed by atoms with Crippen LogP contribution in [0.25, 0.3) is 0 Å². The van der Waals surface area contributed by atoms with Crippen molar-refractivity contribution < 1.29 is 14.3 Å². The van der Waals surface area contributed by atoms with Gasteiger partial charge in [-0.05, 0) is 48.5 Å². The van der Waals surface area contributed by atoms with Gasteiger partial charge >= 0.3 is 0 Å². The van der Waals surface area contributed by atoms with E-state index in [1.54, 1.807) is 19.1 Å². The molecular weight excluding hydrogens is 364 g/mol. The quantitative estimate of drug-likeness (QED) is 0.662. The van der Waals surface area contributed by atoms with E-state index in [9.17, 15) is 4.79 Å². The Kier molecular flexibility index (Phi) is 5.20. The van der Waals surface area contributed by atoms with E-state index in [4.69, 9.17) is 9.47 Å². The van der Waals surface area contributed by atoms with Crippen molar-refractivity contribution in [2.24, 2.45) is 0 Å². The largest absolute Gasteiger partial charge is 0.497 e. The van der Waals surface area contributed by atoms with Crippen molar-refractivity contribution >= 4 is 17.3 Å². The predicted octanol–water partition coefficient (Wildman–Crippen LogP) is 4.79. The van der Waals surface area contributed by atoms with Gasteiger partial charge in [0, 0.05) is 16.9 Å². The monoisotopic (exact) mass is 386 g/mol. The van der Waals surface area contributed by atoms with Gasteiger partial charge in [-0.2, -0.15) is 0 Å². The van der Waals surface area contributed by atoms with Gasteiger partial charge in [-0.1, -0.05) is 36.4 Å². The van der Waals surface area contributed by atoms with Crippen molar-refractivity contribution in [3.05, 3.63) is 96.2 Å². The van der Waals surface area contributed by atoms with Crippen LogP contribution in [0.15, 0.2) is 90.6 Å². The van der Waals surface area contributed by atoms with Crippen LogP contribution in [-0.4, -0.2) is 20.1 Å². The van der Waals surface area contributed by atoms with Crippen LogP contribution in [0.5, 0.6) is 11.5 Å². The minimum Gasteiger partial charge on any atom is -0.497 e. The highest BCUT2D eigenvalue weighted by Gasteiger charge is 2.36. The van der Waals surface area contributed by atoms with Crippen LogP contribution in [-0.2, 0) is 4.79 Å². The van der Waals surface area contributed by atoms with Crippen LogP contribution in [0.3, 0.4) is 0 Å². The number of methoxy groups -OCH3 is 2. The lowest BCUT2D eigenvalue weighted by molar-refractivity contribution is -0.114. The maximum absolute atomic E-state index is 13.4. The SMILES string of the molecule is COc1ccc(OC)c([C@H]2C=C(Nc3ccccc3)C(=O)N2c2ccccc2)c1. The molecule has 0 unspecified atom stereocenters. The molecule has 1 amide bonds. The molecule has 1 aliphatic heterocycles. The van der Waals surface area contributed by atoms with Crippen LogP contribution < -0.4 is 19.7 Å². The number of ether oxygens (including phenoxy) is 2. The topological polar surface area (TPSA) is 50.8 Å². The minimum absolute atomic E-state index is 0.102. The molecule has 29 heavy (non-hydrogen) atoms. The summed E-state index contributed by atoms with van der Waals surface area (Å²) in [6.07, 6.45) is 1.93. The summed E-state index contributed by atoms with van der Waals surface area (Å²) in [6, 6.07) is 24.6. The summed E-state index contributed by atoms with van der Waals surface area (Å²) in [5, 5.41) is 3.25. The first-order chi connectivity index (χ1) is 14.2. The van der Waals surface area contributed by atoms with Crippen LogP contribution in [0, 0.1) is 0 Å². The zero-order valence-electron chi connectivity index (χ0n) is 16.3. The summed E-state index contributed by atoms with van der Waals surface area (Å²) >= 11 is 0. The van der Waals surface area contributed by atoms with Crippen molar-refractivity contribution in [3.63, 3.8) is 0 Å². The number of nitrogens with zero attached hydrogens (tertiary/aromatic N) is 1. The lowest BCUT2D eigenvalue weighted by Crippen LogP contribution is -2.31. The van der Waals surface area contributed by atoms with E-state index in [-0.39, 0.29) is 11.9 Å². The molecule has 5 heteroatoms. The Balaban J connectivity index is 1.80. The Morgan fingerprint density at radius 1 is 0.862 bits per heavy atom. The number of amides is 1. The number of para-hydroxylation sites is 2. The van der Waals surface area contributed by atoms with Gasteiger partial charge in [0.25, 0.3) is 5.91 Å². The molecule has 0 saturated carbocycles. The first kappa shape index (κ1) is 18.6. The van der Waals surface area contributed by atoms with Crippen molar-refractivity contribution in [2.45, 2.75) is 6.04 Å². The van der Waals surface area contributed by atoms with Crippen molar-refractivity contribution in [3.8, 4) is 11.5 Å². The highest BCUT2D eigenvalue weighted by atomic mass is 16.5. The second-order valence-corrected chi connectivity index (χ2v) is 6.63. The molecular formula is C24H22N2O3. The smallest absolute Gasteiger partial charge is 0.275 e. The van der Waals surface area contributed by atoms with Crippen molar-refractivity contribution in [1.29, 1.82) is 0 Å². The van der Waals surface area contributed by atoms with Gasteiger partial charge in [0.05, 0.1) is 20.3 Å². The number of hydrogen-bond donors (Lipinski definition) is 1. The Labute approximate surface area is 170 Å². The molecule has 4 rings (SSSR count). The number of carbonyl (C=O) groups is 1. The lowest BCUT2D eigenvalue weighted by atomic mass is 10.0. The Bertz CT molecular complexity index is 1030. The molecule has 3 aromatic carbocycles. The molecule has 0 bridgehead atoms. The van der Waals surface area contributed by atoms with Crippen LogP contribution >= 0.6 is 0 Å². The Morgan fingerprint density at radius 2 is 1.55 bits per heavy atom. The van der Waals surface area contributed by atoms with Gasteiger partial charge in [-0.15, -0.1) is 0 Å². The number of hydrogen-bond acceptors (Lipinski definition) is 4. The Morgan fingerprint density at radius 3 is 2.21 bits per heavy atom. The number of anilines is 2. The average Bonchev–Trinajstić information content (AvgIpc) is 3.10. The van der Waals surface area contributed by atoms with E-state index in [0.29, 0.717) is 17.2 Å². The van der Waals surface area contributed by atoms with Gasteiger partial charge in [-0.25, -0.2) is 0 Å². The molecule has 0 spiro atoms. The van der Waals surface area contributed by atoms with Gasteiger partial charge in [-0.3, -0.25) is 9.69 Å². The molecule has 3 aromatic rings. The summed E-state index contributed by atoms with van der Waals surface area (Å²) < 4.78 is 11.0. The van der Waals surface area contributed by atoms with E-state index < -0.39 is 0 Å². The molecule has 0 radical (unpaired) electrons. The Hall–Kier alpha value is -3.73. The zero-order chi connectivity index (χ0) is 20.2. The summed E-state index contributed by atoms with van der Waals surface area (Å²) in [5.41, 5.74) is 3.05. The van der Waals surface area contributed by atoms with E-state index in [2.05, 4.69) is 5.32 Å². The van der Waals surface area contributed by atoms with E-state index >= 15 is 0 Å². The van der Waals surface area contributed by atoms with Crippen molar-refractivity contribution in [1.82, 2.24) is 0 Å². The average molecular weight is 386 g/mol. The molecule has 0 fully saturated rings. The second-order valence-electron chi connectivity index (χ2n) is 6.63. The van der Waals surface area contributed by atoms with Gasteiger partial charge in [0.15, 0.2) is 0 Å². The first-order valence-corrected chi connectivity index (χ1v) is 9.35. The van der Waals surface area contributed by atoms with Gasteiger partial charge < -0.3 is 14.8 Å². The number of rotatable bonds is 6. The first-order valence-electron chi connectivity index (χ1n) is 9.35. The predicted molar refractivity (Wildman–Crippen MR) is 114 cm³/mol. The summed E-state index contributed by atoms with van der Waals surface area (Å²) in [5.74, 6) is 1.30. The fourth-order valence-corrected chi connectivity index (χ4v) is 3.50. The molecule has 0 saturated heterocycles. The number of carbonyl (C=O) groups excluding carboxylic acids is 1. The van der Waals surface area contributed by atoms with Gasteiger partial charge in [0.1, 0.15) is 17.2 Å². The molecule has 0 aliphatic carbocycles. The maximum atomic E-state index is 13.4. The molecule has 1 N–H and O–H groups in total. The minimum atomic E-state index is -0.332. The zero-order valence-corrected chi connectivity index (χ0v) is 16.3. The molecule has 0 aromatic heterocycles. The summed E-state index contributed by atoms with van der Waals surface area (Å²) in [4.78, 5) is 15.1. The maximum Gasteiger partial charge on any atom is 0.275 e. The second kappa shape index (κ2) is 8.10. The molecule has 1 heterocycles. The van der Waals surface area contributed by atoms with Crippen LogP contribution in [0.4, 0.5) is 11.4 Å². The summed E-state index contributed by atoms with van der Waals surface area (Å²) in [7, 11) is 3.25. The molecule has 1 aliphatic rings. The van der Waals surface area contributed by atoms with E-state index in [0.717, 1.165) is 16.9 Å². The third-order valence-corrected chi connectivity index (χ3v) is 4.89. The normalized spacial score (nSPS) is 15.8. The number of nitrogens with one attached hydrogen (secondary N) is 1. The fraction of sp³-hybridized carbons (Fsp3) is 0.125. The fourth-order valence-electron chi connectivity index (χ4n) is 3.50.